The largest absolute Gasteiger partial charge is 0.497 e. The van der Waals surface area contributed by atoms with E-state index in [1.165, 1.54) is 11.4 Å². The minimum Gasteiger partial charge on any atom is -0.497 e. The number of nitrogens with zero attached hydrogens (tertiary/aromatic N) is 1. The molecule has 1 fully saturated rings. The van der Waals surface area contributed by atoms with Crippen LogP contribution in [-0.2, 0) is 14.8 Å². The first kappa shape index (κ1) is 18.7. The standard InChI is InChI=1S/C16H24N2O5S/c1-22-10-11-24(20,21)18-8-6-14(7-9-18)17-16(19)13-4-3-5-15(12-13)23-2/h3-5,12,14H,6-11H2,1-2H3,(H,17,19). The molecule has 1 aromatic rings. The average molecular weight is 356 g/mol. The lowest BCUT2D eigenvalue weighted by Gasteiger charge is -2.31. The van der Waals surface area contributed by atoms with E-state index in [4.69, 9.17) is 9.47 Å². The van der Waals surface area contributed by atoms with Crippen molar-refractivity contribution in [2.24, 2.45) is 0 Å². The molecule has 0 spiro atoms. The summed E-state index contributed by atoms with van der Waals surface area (Å²) >= 11 is 0. The van der Waals surface area contributed by atoms with Crippen molar-refractivity contribution in [3.05, 3.63) is 29.8 Å². The predicted octanol–water partition coefficient (Wildman–Crippen LogP) is 0.866. The molecule has 7 nitrogen and oxygen atoms in total. The number of carbonyl (C=O) groups excluding carboxylic acids is 1. The molecule has 0 aromatic heterocycles. The van der Waals surface area contributed by atoms with Gasteiger partial charge in [-0.15, -0.1) is 0 Å². The Morgan fingerprint density at radius 2 is 2.00 bits per heavy atom. The van der Waals surface area contributed by atoms with Crippen LogP contribution in [-0.4, -0.2) is 64.3 Å². The second-order valence-corrected chi connectivity index (χ2v) is 7.78. The summed E-state index contributed by atoms with van der Waals surface area (Å²) in [4.78, 5) is 12.3. The highest BCUT2D eigenvalue weighted by Crippen LogP contribution is 2.16. The number of methoxy groups -OCH3 is 2. The lowest BCUT2D eigenvalue weighted by atomic mass is 10.1. The fourth-order valence-electron chi connectivity index (χ4n) is 2.63. The zero-order chi connectivity index (χ0) is 17.6. The highest BCUT2D eigenvalue weighted by molar-refractivity contribution is 7.89. The zero-order valence-electron chi connectivity index (χ0n) is 14.0. The van der Waals surface area contributed by atoms with Gasteiger partial charge in [0.1, 0.15) is 5.75 Å². The molecule has 134 valence electrons. The third kappa shape index (κ3) is 4.93. The highest BCUT2D eigenvalue weighted by atomic mass is 32.2. The monoisotopic (exact) mass is 356 g/mol. The predicted molar refractivity (Wildman–Crippen MR) is 90.7 cm³/mol. The minimum atomic E-state index is -3.28. The van der Waals surface area contributed by atoms with Crippen molar-refractivity contribution in [2.75, 3.05) is 39.7 Å². The number of piperidine rings is 1. The first-order valence-corrected chi connectivity index (χ1v) is 9.49. The van der Waals surface area contributed by atoms with Gasteiger partial charge < -0.3 is 14.8 Å². The second-order valence-electron chi connectivity index (χ2n) is 5.69. The van der Waals surface area contributed by atoms with Crippen LogP contribution < -0.4 is 10.1 Å². The van der Waals surface area contributed by atoms with E-state index in [1.807, 2.05) is 0 Å². The molecule has 1 N–H and O–H groups in total. The van der Waals surface area contributed by atoms with Gasteiger partial charge >= 0.3 is 0 Å². The number of ether oxygens (including phenoxy) is 2. The Labute approximate surface area is 143 Å². The fourth-order valence-corrected chi connectivity index (χ4v) is 4.03. The maximum Gasteiger partial charge on any atom is 0.251 e. The van der Waals surface area contributed by atoms with Crippen molar-refractivity contribution in [1.82, 2.24) is 9.62 Å². The number of nitrogens with one attached hydrogen (secondary N) is 1. The van der Waals surface area contributed by atoms with Crippen LogP contribution in [0.25, 0.3) is 0 Å². The lowest BCUT2D eigenvalue weighted by Crippen LogP contribution is -2.47. The Morgan fingerprint density at radius 1 is 1.29 bits per heavy atom. The van der Waals surface area contributed by atoms with Crippen LogP contribution in [0.5, 0.6) is 5.75 Å². The number of benzene rings is 1. The van der Waals surface area contributed by atoms with E-state index in [2.05, 4.69) is 5.32 Å². The van der Waals surface area contributed by atoms with Crippen molar-refractivity contribution < 1.29 is 22.7 Å². The summed E-state index contributed by atoms with van der Waals surface area (Å²) in [5, 5.41) is 2.96. The van der Waals surface area contributed by atoms with E-state index in [9.17, 15) is 13.2 Å². The first-order chi connectivity index (χ1) is 11.5. The van der Waals surface area contributed by atoms with E-state index in [1.54, 1.807) is 31.4 Å². The van der Waals surface area contributed by atoms with E-state index in [-0.39, 0.29) is 24.3 Å². The fraction of sp³-hybridized carbons (Fsp3) is 0.562. The summed E-state index contributed by atoms with van der Waals surface area (Å²) < 4.78 is 35.6. The third-order valence-corrected chi connectivity index (χ3v) is 5.89. The number of carbonyl (C=O) groups is 1. The van der Waals surface area contributed by atoms with E-state index < -0.39 is 10.0 Å². The molecule has 8 heteroatoms. The summed E-state index contributed by atoms with van der Waals surface area (Å²) in [6.07, 6.45) is 1.20. The smallest absolute Gasteiger partial charge is 0.251 e. The van der Waals surface area contributed by atoms with Crippen LogP contribution in [0, 0.1) is 0 Å². The molecule has 0 unspecified atom stereocenters. The average Bonchev–Trinajstić information content (AvgIpc) is 2.60. The third-order valence-electron chi connectivity index (χ3n) is 4.06. The molecule has 0 radical (unpaired) electrons. The number of amides is 1. The van der Waals surface area contributed by atoms with Crippen molar-refractivity contribution in [1.29, 1.82) is 0 Å². The summed E-state index contributed by atoms with van der Waals surface area (Å²) in [7, 11) is -0.245. The van der Waals surface area contributed by atoms with Gasteiger partial charge in [-0.2, -0.15) is 0 Å². The van der Waals surface area contributed by atoms with Gasteiger partial charge in [0.2, 0.25) is 10.0 Å². The molecule has 1 amide bonds. The van der Waals surface area contributed by atoms with Gasteiger partial charge in [0, 0.05) is 31.8 Å². The maximum atomic E-state index is 12.3. The van der Waals surface area contributed by atoms with Crippen LogP contribution in [0.15, 0.2) is 24.3 Å². The molecule has 0 saturated carbocycles. The number of rotatable bonds is 7. The quantitative estimate of drug-likeness (QED) is 0.783. The molecule has 0 aliphatic carbocycles. The molecule has 1 heterocycles. The van der Waals surface area contributed by atoms with Crippen LogP contribution in [0.1, 0.15) is 23.2 Å². The highest BCUT2D eigenvalue weighted by Gasteiger charge is 2.28. The molecule has 1 saturated heterocycles. The minimum absolute atomic E-state index is 0.00959. The molecular weight excluding hydrogens is 332 g/mol. The summed E-state index contributed by atoms with van der Waals surface area (Å²) in [5.41, 5.74) is 0.532. The number of hydrogen-bond acceptors (Lipinski definition) is 5. The van der Waals surface area contributed by atoms with Crippen LogP contribution in [0.4, 0.5) is 0 Å². The zero-order valence-corrected chi connectivity index (χ0v) is 14.8. The van der Waals surface area contributed by atoms with Crippen LogP contribution in [0.3, 0.4) is 0 Å². The summed E-state index contributed by atoms with van der Waals surface area (Å²) in [6.45, 7) is 1.01. The van der Waals surface area contributed by atoms with Crippen molar-refractivity contribution in [2.45, 2.75) is 18.9 Å². The van der Waals surface area contributed by atoms with Gasteiger partial charge in [0.15, 0.2) is 0 Å². The molecule has 1 aromatic carbocycles. The number of hydrogen-bond donors (Lipinski definition) is 1. The molecule has 2 rings (SSSR count). The molecule has 1 aliphatic heterocycles. The van der Waals surface area contributed by atoms with Crippen molar-refractivity contribution in [3.8, 4) is 5.75 Å². The van der Waals surface area contributed by atoms with Crippen molar-refractivity contribution >= 4 is 15.9 Å². The van der Waals surface area contributed by atoms with E-state index >= 15 is 0 Å². The van der Waals surface area contributed by atoms with Gasteiger partial charge in [0.05, 0.1) is 19.5 Å². The van der Waals surface area contributed by atoms with Gasteiger partial charge in [0.25, 0.3) is 5.91 Å². The van der Waals surface area contributed by atoms with Gasteiger partial charge in [-0.25, -0.2) is 12.7 Å². The maximum absolute atomic E-state index is 12.3. The molecule has 0 bridgehead atoms. The molecule has 1 aliphatic rings. The van der Waals surface area contributed by atoms with Gasteiger partial charge in [-0.1, -0.05) is 6.07 Å². The molecule has 0 atom stereocenters. The first-order valence-electron chi connectivity index (χ1n) is 7.88. The summed E-state index contributed by atoms with van der Waals surface area (Å²) in [6, 6.07) is 6.92. The Hall–Kier alpha value is -1.64. The Balaban J connectivity index is 1.87. The van der Waals surface area contributed by atoms with Crippen LogP contribution in [0.2, 0.25) is 0 Å². The Morgan fingerprint density at radius 3 is 2.62 bits per heavy atom. The van der Waals surface area contributed by atoms with E-state index in [0.29, 0.717) is 37.2 Å². The Bertz CT molecular complexity index is 654. The van der Waals surface area contributed by atoms with Crippen molar-refractivity contribution in [3.63, 3.8) is 0 Å². The van der Waals surface area contributed by atoms with Gasteiger partial charge in [-0.05, 0) is 31.0 Å². The summed E-state index contributed by atoms with van der Waals surface area (Å²) in [5.74, 6) is 0.445. The lowest BCUT2D eigenvalue weighted by molar-refractivity contribution is 0.0923. The van der Waals surface area contributed by atoms with E-state index in [0.717, 1.165) is 0 Å². The van der Waals surface area contributed by atoms with Crippen LogP contribution >= 0.6 is 0 Å². The molecular formula is C16H24N2O5S. The normalized spacial score (nSPS) is 16.8. The van der Waals surface area contributed by atoms with Gasteiger partial charge in [-0.3, -0.25) is 4.79 Å². The Kier molecular flexibility index (Phi) is 6.59. The topological polar surface area (TPSA) is 84.9 Å². The second kappa shape index (κ2) is 8.46. The number of sulfonamides is 1. The SMILES string of the molecule is COCCS(=O)(=O)N1CCC(NC(=O)c2cccc(OC)c2)CC1. The molecule has 24 heavy (non-hydrogen) atoms.